The highest BCUT2D eigenvalue weighted by Crippen LogP contribution is 2.13. The maximum atomic E-state index is 11.9. The number of thioether (sulfide) groups is 1. The summed E-state index contributed by atoms with van der Waals surface area (Å²) in [4.78, 5) is 18.5. The Morgan fingerprint density at radius 2 is 1.96 bits per heavy atom. The number of anilines is 1. The minimum Gasteiger partial charge on any atom is -0.338 e. The molecule has 1 aromatic carbocycles. The van der Waals surface area contributed by atoms with Gasteiger partial charge in [-0.1, -0.05) is 12.1 Å². The summed E-state index contributed by atoms with van der Waals surface area (Å²) in [6.45, 7) is 5.00. The second-order valence-electron chi connectivity index (χ2n) is 6.44. The van der Waals surface area contributed by atoms with Crippen molar-refractivity contribution in [3.8, 4) is 0 Å². The number of aromatic nitrogens is 2. The summed E-state index contributed by atoms with van der Waals surface area (Å²) in [6, 6.07) is 8.01. The van der Waals surface area contributed by atoms with Crippen molar-refractivity contribution in [3.63, 3.8) is 0 Å². The minimum atomic E-state index is -0.158. The lowest BCUT2D eigenvalue weighted by Gasteiger charge is -2.26. The van der Waals surface area contributed by atoms with Crippen molar-refractivity contribution in [2.45, 2.75) is 19.4 Å². The molecule has 1 aliphatic rings. The standard InChI is InChI=1S/C19H27N5OS/c25-19(21-7-1-9-24-11-8-20-16-24)22-18-4-2-17(3-5-18)6-10-23-12-14-26-15-13-23/h2-5,8,11,16H,1,6-7,9-10,12-15H2,(H2,21,22,25). The second kappa shape index (κ2) is 10.2. The smallest absolute Gasteiger partial charge is 0.319 e. The normalized spacial score (nSPS) is 14.9. The molecule has 6 nitrogen and oxygen atoms in total. The number of amides is 2. The van der Waals surface area contributed by atoms with E-state index in [1.807, 2.05) is 34.7 Å². The summed E-state index contributed by atoms with van der Waals surface area (Å²) in [6.07, 6.45) is 7.40. The van der Waals surface area contributed by atoms with Gasteiger partial charge in [-0.25, -0.2) is 9.78 Å². The van der Waals surface area contributed by atoms with Gasteiger partial charge >= 0.3 is 6.03 Å². The van der Waals surface area contributed by atoms with Crippen LogP contribution in [0.5, 0.6) is 0 Å². The summed E-state index contributed by atoms with van der Waals surface area (Å²) in [7, 11) is 0. The third kappa shape index (κ3) is 6.38. The van der Waals surface area contributed by atoms with Crippen molar-refractivity contribution in [2.75, 3.05) is 43.0 Å². The van der Waals surface area contributed by atoms with Crippen LogP contribution < -0.4 is 10.6 Å². The van der Waals surface area contributed by atoms with Crippen LogP contribution in [0.4, 0.5) is 10.5 Å². The predicted molar refractivity (Wildman–Crippen MR) is 108 cm³/mol. The van der Waals surface area contributed by atoms with Crippen LogP contribution in [0.15, 0.2) is 43.0 Å². The number of aryl methyl sites for hydroxylation is 1. The molecule has 7 heteroatoms. The number of benzene rings is 1. The zero-order valence-electron chi connectivity index (χ0n) is 15.1. The fourth-order valence-corrected chi connectivity index (χ4v) is 3.90. The van der Waals surface area contributed by atoms with Gasteiger partial charge in [-0.15, -0.1) is 0 Å². The highest BCUT2D eigenvalue weighted by atomic mass is 32.2. The molecule has 2 heterocycles. The van der Waals surface area contributed by atoms with Gasteiger partial charge in [0.1, 0.15) is 0 Å². The summed E-state index contributed by atoms with van der Waals surface area (Å²) in [5.74, 6) is 2.50. The molecule has 2 N–H and O–H groups in total. The molecular formula is C19H27N5OS. The minimum absolute atomic E-state index is 0.158. The summed E-state index contributed by atoms with van der Waals surface area (Å²) in [5.41, 5.74) is 2.14. The van der Waals surface area contributed by atoms with E-state index in [0.717, 1.165) is 31.6 Å². The average Bonchev–Trinajstić information content (AvgIpc) is 3.19. The zero-order valence-corrected chi connectivity index (χ0v) is 15.9. The average molecular weight is 374 g/mol. The maximum absolute atomic E-state index is 11.9. The van der Waals surface area contributed by atoms with Gasteiger partial charge in [0.05, 0.1) is 6.33 Å². The van der Waals surface area contributed by atoms with E-state index in [1.54, 1.807) is 12.5 Å². The SMILES string of the molecule is O=C(NCCCn1ccnc1)Nc1ccc(CCN2CCSCC2)cc1. The molecule has 3 rings (SSSR count). The van der Waals surface area contributed by atoms with E-state index < -0.39 is 0 Å². The first-order chi connectivity index (χ1) is 12.8. The predicted octanol–water partition coefficient (Wildman–Crippen LogP) is 2.69. The molecule has 0 saturated carbocycles. The van der Waals surface area contributed by atoms with E-state index >= 15 is 0 Å². The number of carbonyl (C=O) groups excluding carboxylic acids is 1. The molecule has 0 bridgehead atoms. The molecule has 0 aliphatic carbocycles. The molecule has 2 amide bonds. The highest BCUT2D eigenvalue weighted by molar-refractivity contribution is 7.99. The Labute approximate surface area is 159 Å². The van der Waals surface area contributed by atoms with Gasteiger partial charge < -0.3 is 20.1 Å². The summed E-state index contributed by atoms with van der Waals surface area (Å²) < 4.78 is 2.00. The van der Waals surface area contributed by atoms with Crippen LogP contribution in [0.3, 0.4) is 0 Å². The van der Waals surface area contributed by atoms with Crippen LogP contribution >= 0.6 is 11.8 Å². The first kappa shape index (κ1) is 18.8. The van der Waals surface area contributed by atoms with E-state index in [0.29, 0.717) is 6.54 Å². The maximum Gasteiger partial charge on any atom is 0.319 e. The quantitative estimate of drug-likeness (QED) is 0.699. The van der Waals surface area contributed by atoms with E-state index in [2.05, 4.69) is 32.7 Å². The number of hydrogen-bond donors (Lipinski definition) is 2. The van der Waals surface area contributed by atoms with E-state index in [9.17, 15) is 4.79 Å². The number of nitrogens with zero attached hydrogens (tertiary/aromatic N) is 3. The first-order valence-corrected chi connectivity index (χ1v) is 10.3. The molecule has 0 radical (unpaired) electrons. The lowest BCUT2D eigenvalue weighted by atomic mass is 10.1. The molecule has 2 aromatic rings. The molecule has 140 valence electrons. The third-order valence-corrected chi connectivity index (χ3v) is 5.41. The molecule has 26 heavy (non-hydrogen) atoms. The van der Waals surface area contributed by atoms with Crippen LogP contribution in [0.25, 0.3) is 0 Å². The molecule has 1 fully saturated rings. The van der Waals surface area contributed by atoms with Gasteiger partial charge in [-0.2, -0.15) is 11.8 Å². The molecule has 1 saturated heterocycles. The van der Waals surface area contributed by atoms with Crippen molar-refractivity contribution < 1.29 is 4.79 Å². The Morgan fingerprint density at radius 1 is 1.15 bits per heavy atom. The fraction of sp³-hybridized carbons (Fsp3) is 0.474. The lowest BCUT2D eigenvalue weighted by molar-refractivity contribution is 0.252. The monoisotopic (exact) mass is 373 g/mol. The van der Waals surface area contributed by atoms with Crippen LogP contribution in [0.1, 0.15) is 12.0 Å². The number of imidazole rings is 1. The topological polar surface area (TPSA) is 62.2 Å². The van der Waals surface area contributed by atoms with Gasteiger partial charge in [-0.05, 0) is 30.5 Å². The van der Waals surface area contributed by atoms with E-state index in [-0.39, 0.29) is 6.03 Å². The zero-order chi connectivity index (χ0) is 18.0. The first-order valence-electron chi connectivity index (χ1n) is 9.19. The summed E-state index contributed by atoms with van der Waals surface area (Å²) >= 11 is 2.04. The number of carbonyl (C=O) groups is 1. The van der Waals surface area contributed by atoms with Crippen molar-refractivity contribution in [2.24, 2.45) is 0 Å². The van der Waals surface area contributed by atoms with Crippen LogP contribution in [0, 0.1) is 0 Å². The Hall–Kier alpha value is -1.99. The number of urea groups is 1. The van der Waals surface area contributed by atoms with Gasteiger partial charge in [0.25, 0.3) is 0 Å². The van der Waals surface area contributed by atoms with E-state index in [4.69, 9.17) is 0 Å². The van der Waals surface area contributed by atoms with Crippen molar-refractivity contribution in [3.05, 3.63) is 48.5 Å². The fourth-order valence-electron chi connectivity index (χ4n) is 2.92. The third-order valence-electron chi connectivity index (χ3n) is 4.47. The Kier molecular flexibility index (Phi) is 7.39. The summed E-state index contributed by atoms with van der Waals surface area (Å²) in [5, 5.41) is 5.77. The molecule has 0 atom stereocenters. The van der Waals surface area contributed by atoms with Crippen LogP contribution in [0.2, 0.25) is 0 Å². The van der Waals surface area contributed by atoms with E-state index in [1.165, 1.54) is 30.2 Å². The van der Waals surface area contributed by atoms with Crippen molar-refractivity contribution in [1.82, 2.24) is 19.8 Å². The molecule has 1 aliphatic heterocycles. The molecule has 0 unspecified atom stereocenters. The van der Waals surface area contributed by atoms with Gasteiger partial charge in [0.15, 0.2) is 0 Å². The number of hydrogen-bond acceptors (Lipinski definition) is 4. The Balaban J connectivity index is 1.33. The van der Waals surface area contributed by atoms with Crippen molar-refractivity contribution in [1.29, 1.82) is 0 Å². The van der Waals surface area contributed by atoms with Gasteiger partial charge in [-0.3, -0.25) is 0 Å². The number of rotatable bonds is 8. The van der Waals surface area contributed by atoms with Gasteiger partial charge in [0.2, 0.25) is 0 Å². The van der Waals surface area contributed by atoms with Crippen LogP contribution in [-0.4, -0.2) is 58.2 Å². The Morgan fingerprint density at radius 3 is 2.69 bits per heavy atom. The highest BCUT2D eigenvalue weighted by Gasteiger charge is 2.09. The van der Waals surface area contributed by atoms with Crippen molar-refractivity contribution >= 4 is 23.5 Å². The van der Waals surface area contributed by atoms with Gasteiger partial charge in [0, 0.05) is 62.3 Å². The molecule has 1 aromatic heterocycles. The largest absolute Gasteiger partial charge is 0.338 e. The second-order valence-corrected chi connectivity index (χ2v) is 7.66. The number of nitrogens with one attached hydrogen (secondary N) is 2. The lowest BCUT2D eigenvalue weighted by Crippen LogP contribution is -2.34. The molecular weight excluding hydrogens is 346 g/mol. The molecule has 0 spiro atoms. The Bertz CT molecular complexity index is 653. The van der Waals surface area contributed by atoms with Crippen LogP contribution in [-0.2, 0) is 13.0 Å².